The summed E-state index contributed by atoms with van der Waals surface area (Å²) in [6.45, 7) is 7.79. The summed E-state index contributed by atoms with van der Waals surface area (Å²) in [5.74, 6) is -1.01. The van der Waals surface area contributed by atoms with E-state index in [1.807, 2.05) is 19.9 Å². The smallest absolute Gasteiger partial charge is 0.259 e. The van der Waals surface area contributed by atoms with Crippen LogP contribution >= 0.6 is 0 Å². The molecule has 0 aromatic heterocycles. The molecule has 3 N–H and O–H groups in total. The number of hydrogen-bond donors (Lipinski definition) is 3. The first-order valence-electron chi connectivity index (χ1n) is 15.8. The lowest BCUT2D eigenvalue weighted by Gasteiger charge is -2.39. The number of benzene rings is 2. The van der Waals surface area contributed by atoms with Crippen LogP contribution in [0.25, 0.3) is 11.1 Å². The molecule has 2 aromatic carbocycles. The Morgan fingerprint density at radius 1 is 1.04 bits per heavy atom. The monoisotopic (exact) mass is 645 g/mol. The van der Waals surface area contributed by atoms with E-state index in [0.29, 0.717) is 53.8 Å². The molecule has 2 aliphatic carbocycles. The number of sulfonamides is 1. The zero-order valence-electron chi connectivity index (χ0n) is 26.8. The number of carbonyl (C=O) groups excluding carboxylic acids is 2. The fourth-order valence-electron chi connectivity index (χ4n) is 6.86. The van der Waals surface area contributed by atoms with E-state index in [9.17, 15) is 18.0 Å². The van der Waals surface area contributed by atoms with Crippen molar-refractivity contribution in [3.63, 3.8) is 0 Å². The highest BCUT2D eigenvalue weighted by Gasteiger charge is 2.47. The molecule has 5 rings (SSSR count). The van der Waals surface area contributed by atoms with Gasteiger partial charge < -0.3 is 15.4 Å². The molecule has 1 aliphatic heterocycles. The summed E-state index contributed by atoms with van der Waals surface area (Å²) in [6, 6.07) is 9.96. The lowest BCUT2D eigenvalue weighted by atomic mass is 9.76. The standard InChI is InChI=1S/C34H45F2N3O5S/c1-32(2)18-34(36,20-37-19-32)31(41)38-23-13-14-24(17-23)44-28-15-12-22(33(3,4)30(40)39-45(5,42)43)16-26(28)25-10-7-11-27(35)29(25)21-8-6-9-21/h7,10-12,15-16,21,23-24,37H,6,8-9,13-14,17-20H2,1-5H3,(H,38,41)(H,39,40)/t23-,24-,34+/m1/s1. The molecule has 1 saturated heterocycles. The van der Waals surface area contributed by atoms with Crippen molar-refractivity contribution < 1.29 is 31.5 Å². The molecule has 3 fully saturated rings. The Kier molecular flexibility index (Phi) is 9.09. The van der Waals surface area contributed by atoms with Gasteiger partial charge in [0, 0.05) is 31.1 Å². The minimum absolute atomic E-state index is 0.0137. The predicted octanol–water partition coefficient (Wildman–Crippen LogP) is 5.26. The minimum Gasteiger partial charge on any atom is -0.490 e. The highest BCUT2D eigenvalue weighted by molar-refractivity contribution is 7.89. The molecule has 45 heavy (non-hydrogen) atoms. The van der Waals surface area contributed by atoms with E-state index in [4.69, 9.17) is 4.74 Å². The van der Waals surface area contributed by atoms with Crippen LogP contribution in [0, 0.1) is 11.2 Å². The third-order valence-electron chi connectivity index (χ3n) is 9.59. The van der Waals surface area contributed by atoms with Gasteiger partial charge in [-0.2, -0.15) is 0 Å². The fourth-order valence-corrected chi connectivity index (χ4v) is 7.45. The van der Waals surface area contributed by atoms with E-state index in [-0.39, 0.29) is 42.3 Å². The van der Waals surface area contributed by atoms with Crippen LogP contribution in [0.4, 0.5) is 8.78 Å². The summed E-state index contributed by atoms with van der Waals surface area (Å²) in [5.41, 5.74) is -1.10. The quantitative estimate of drug-likeness (QED) is 0.343. The summed E-state index contributed by atoms with van der Waals surface area (Å²) < 4.78 is 63.3. The number of alkyl halides is 1. The van der Waals surface area contributed by atoms with Gasteiger partial charge in [-0.05, 0) is 92.2 Å². The van der Waals surface area contributed by atoms with Crippen molar-refractivity contribution in [1.29, 1.82) is 0 Å². The van der Waals surface area contributed by atoms with E-state index in [2.05, 4.69) is 15.4 Å². The van der Waals surface area contributed by atoms with Gasteiger partial charge in [0.15, 0.2) is 0 Å². The summed E-state index contributed by atoms with van der Waals surface area (Å²) in [4.78, 5) is 26.1. The first-order chi connectivity index (χ1) is 21.0. The number of ether oxygens (including phenoxy) is 1. The molecule has 2 aromatic rings. The Morgan fingerprint density at radius 3 is 2.42 bits per heavy atom. The van der Waals surface area contributed by atoms with Crippen LogP contribution in [0.1, 0.15) is 89.7 Å². The van der Waals surface area contributed by atoms with Crippen molar-refractivity contribution in [2.24, 2.45) is 5.41 Å². The predicted molar refractivity (Wildman–Crippen MR) is 170 cm³/mol. The number of carbonyl (C=O) groups is 2. The van der Waals surface area contributed by atoms with Crippen LogP contribution in [0.3, 0.4) is 0 Å². The average Bonchev–Trinajstić information content (AvgIpc) is 3.34. The largest absolute Gasteiger partial charge is 0.490 e. The molecule has 8 nitrogen and oxygen atoms in total. The zero-order valence-corrected chi connectivity index (χ0v) is 27.6. The van der Waals surface area contributed by atoms with Crippen LogP contribution in [-0.2, 0) is 25.0 Å². The number of hydrogen-bond acceptors (Lipinski definition) is 6. The van der Waals surface area contributed by atoms with Crippen molar-refractivity contribution in [1.82, 2.24) is 15.4 Å². The molecule has 3 atom stereocenters. The highest BCUT2D eigenvalue weighted by atomic mass is 32.2. The molecule has 2 amide bonds. The number of amides is 2. The van der Waals surface area contributed by atoms with Gasteiger partial charge in [-0.15, -0.1) is 0 Å². The lowest BCUT2D eigenvalue weighted by Crippen LogP contribution is -2.59. The molecule has 0 radical (unpaired) electrons. The normalized spacial score (nSPS) is 25.3. The highest BCUT2D eigenvalue weighted by Crippen LogP contribution is 2.46. The Morgan fingerprint density at radius 2 is 1.78 bits per heavy atom. The van der Waals surface area contributed by atoms with Crippen LogP contribution < -0.4 is 20.1 Å². The van der Waals surface area contributed by atoms with Gasteiger partial charge in [0.25, 0.3) is 5.91 Å². The third kappa shape index (κ3) is 7.35. The molecule has 0 spiro atoms. The molecular weight excluding hydrogens is 600 g/mol. The van der Waals surface area contributed by atoms with Crippen molar-refractivity contribution in [3.05, 3.63) is 53.3 Å². The second-order valence-corrected chi connectivity index (χ2v) is 16.2. The van der Waals surface area contributed by atoms with Gasteiger partial charge in [0.2, 0.25) is 21.6 Å². The molecule has 11 heteroatoms. The average molecular weight is 646 g/mol. The van der Waals surface area contributed by atoms with Crippen molar-refractivity contribution in [2.75, 3.05) is 19.3 Å². The molecule has 1 heterocycles. The summed E-state index contributed by atoms with van der Waals surface area (Å²) in [7, 11) is -3.78. The first kappa shape index (κ1) is 33.3. The van der Waals surface area contributed by atoms with Gasteiger partial charge in [-0.1, -0.05) is 38.5 Å². The maximum Gasteiger partial charge on any atom is 0.259 e. The van der Waals surface area contributed by atoms with Crippen molar-refractivity contribution in [2.45, 2.75) is 102 Å². The van der Waals surface area contributed by atoms with E-state index >= 15 is 8.78 Å². The van der Waals surface area contributed by atoms with Gasteiger partial charge in [-0.3, -0.25) is 14.3 Å². The van der Waals surface area contributed by atoms with E-state index < -0.39 is 32.9 Å². The maximum atomic E-state index is 15.7. The Labute approximate surface area is 265 Å². The van der Waals surface area contributed by atoms with E-state index in [0.717, 1.165) is 25.5 Å². The van der Waals surface area contributed by atoms with Crippen LogP contribution in [0.5, 0.6) is 5.75 Å². The van der Waals surface area contributed by atoms with Gasteiger partial charge >= 0.3 is 0 Å². The SMILES string of the molecule is CC1(C)CNC[C@](F)(C(=O)N[C@@H]2CC[C@@H](Oc3ccc(C(C)(C)C(=O)NS(C)(=O)=O)cc3-c3cccc(F)c3C3CCC3)C2)C1. The Hall–Kier alpha value is -3.05. The molecule has 2 saturated carbocycles. The van der Waals surface area contributed by atoms with E-state index in [1.165, 1.54) is 6.07 Å². The summed E-state index contributed by atoms with van der Waals surface area (Å²) in [5, 5.41) is 5.97. The number of halogens is 2. The molecule has 3 aliphatic rings. The van der Waals surface area contributed by atoms with Crippen LogP contribution in [-0.4, -0.2) is 57.4 Å². The summed E-state index contributed by atoms with van der Waals surface area (Å²) >= 11 is 0. The molecule has 0 bridgehead atoms. The third-order valence-corrected chi connectivity index (χ3v) is 10.1. The van der Waals surface area contributed by atoms with E-state index in [1.54, 1.807) is 38.1 Å². The maximum absolute atomic E-state index is 15.7. The lowest BCUT2D eigenvalue weighted by molar-refractivity contribution is -0.137. The molecule has 246 valence electrons. The zero-order chi connectivity index (χ0) is 32.8. The Balaban J connectivity index is 1.41. The fraction of sp³-hybridized carbons (Fsp3) is 0.588. The van der Waals surface area contributed by atoms with Gasteiger partial charge in [0.1, 0.15) is 17.7 Å². The van der Waals surface area contributed by atoms with Gasteiger partial charge in [0.05, 0.1) is 11.7 Å². The molecular formula is C34H45F2N3O5S. The number of piperidine rings is 1. The minimum atomic E-state index is -3.78. The number of nitrogens with one attached hydrogen (secondary N) is 3. The Bertz CT molecular complexity index is 1570. The second-order valence-electron chi connectivity index (χ2n) is 14.5. The first-order valence-corrected chi connectivity index (χ1v) is 17.7. The summed E-state index contributed by atoms with van der Waals surface area (Å²) in [6.07, 6.45) is 5.31. The topological polar surface area (TPSA) is 114 Å². The number of rotatable bonds is 9. The van der Waals surface area contributed by atoms with Crippen molar-refractivity contribution in [3.8, 4) is 16.9 Å². The molecule has 0 unspecified atom stereocenters. The van der Waals surface area contributed by atoms with Gasteiger partial charge in [-0.25, -0.2) is 17.2 Å². The van der Waals surface area contributed by atoms with Crippen LogP contribution in [0.2, 0.25) is 0 Å². The van der Waals surface area contributed by atoms with Crippen LogP contribution in [0.15, 0.2) is 36.4 Å². The van der Waals surface area contributed by atoms with Crippen molar-refractivity contribution >= 4 is 21.8 Å². The second kappa shape index (κ2) is 12.3.